The molecule has 0 amide bonds. The van der Waals surface area contributed by atoms with E-state index in [4.69, 9.17) is 9.78 Å². The molecule has 2 aromatic heterocycles. The molecule has 0 aliphatic rings. The highest BCUT2D eigenvalue weighted by Gasteiger charge is 2.12. The van der Waals surface area contributed by atoms with Crippen molar-refractivity contribution in [1.29, 1.82) is 5.26 Å². The second kappa shape index (κ2) is 4.70. The van der Waals surface area contributed by atoms with E-state index in [9.17, 15) is 4.39 Å². The monoisotopic (exact) mass is 232 g/mol. The van der Waals surface area contributed by atoms with Gasteiger partial charge < -0.3 is 4.52 Å². The Bertz CT molecular complexity index is 543. The van der Waals surface area contributed by atoms with Crippen molar-refractivity contribution in [3.8, 4) is 17.6 Å². The molecule has 0 aromatic carbocycles. The van der Waals surface area contributed by atoms with Gasteiger partial charge in [0.1, 0.15) is 11.5 Å². The van der Waals surface area contributed by atoms with E-state index in [2.05, 4.69) is 21.2 Å². The maximum atomic E-state index is 12.7. The van der Waals surface area contributed by atoms with E-state index in [0.29, 0.717) is 23.8 Å². The number of halogens is 1. The van der Waals surface area contributed by atoms with Gasteiger partial charge in [0.2, 0.25) is 11.7 Å². The second-order valence-corrected chi connectivity index (χ2v) is 3.61. The van der Waals surface area contributed by atoms with E-state index in [1.807, 2.05) is 0 Å². The van der Waals surface area contributed by atoms with Crippen LogP contribution in [0.4, 0.5) is 4.39 Å². The average molecular weight is 232 g/mol. The molecule has 0 fully saturated rings. The van der Waals surface area contributed by atoms with E-state index in [1.165, 1.54) is 12.1 Å². The minimum absolute atomic E-state index is 0.190. The Hall–Kier alpha value is -2.29. The molecule has 0 aliphatic carbocycles. The Morgan fingerprint density at radius 1 is 1.53 bits per heavy atom. The van der Waals surface area contributed by atoms with Crippen LogP contribution in [0.2, 0.25) is 0 Å². The van der Waals surface area contributed by atoms with Crippen LogP contribution in [0.3, 0.4) is 0 Å². The summed E-state index contributed by atoms with van der Waals surface area (Å²) in [7, 11) is 0. The molecule has 0 bridgehead atoms. The molecule has 0 saturated carbocycles. The van der Waals surface area contributed by atoms with Crippen LogP contribution in [0.1, 0.15) is 12.8 Å². The summed E-state index contributed by atoms with van der Waals surface area (Å²) in [5, 5.41) is 12.4. The first-order valence-electron chi connectivity index (χ1n) is 5.03. The van der Waals surface area contributed by atoms with E-state index in [1.54, 1.807) is 6.92 Å². The van der Waals surface area contributed by atoms with Crippen molar-refractivity contribution in [3.63, 3.8) is 0 Å². The molecule has 0 radical (unpaired) electrons. The molecule has 0 spiro atoms. The predicted molar refractivity (Wildman–Crippen MR) is 56.0 cm³/mol. The summed E-state index contributed by atoms with van der Waals surface area (Å²) in [4.78, 5) is 7.92. The van der Waals surface area contributed by atoms with Crippen LogP contribution >= 0.6 is 0 Å². The lowest BCUT2D eigenvalue weighted by atomic mass is 10.1. The van der Waals surface area contributed by atoms with Gasteiger partial charge in [0, 0.05) is 6.42 Å². The highest BCUT2D eigenvalue weighted by molar-refractivity contribution is 5.47. The summed E-state index contributed by atoms with van der Waals surface area (Å²) >= 11 is 0. The maximum Gasteiger partial charge on any atom is 0.228 e. The molecule has 0 aliphatic heterocycles. The molecule has 17 heavy (non-hydrogen) atoms. The van der Waals surface area contributed by atoms with Crippen molar-refractivity contribution in [2.45, 2.75) is 13.3 Å². The Kier molecular flexibility index (Phi) is 3.10. The molecular formula is C11H9FN4O. The molecule has 5 nitrogen and oxygen atoms in total. The summed E-state index contributed by atoms with van der Waals surface area (Å²) in [5.74, 6) is 0.0605. The molecule has 6 heteroatoms. The first-order valence-corrected chi connectivity index (χ1v) is 5.03. The van der Waals surface area contributed by atoms with E-state index in [0.717, 1.165) is 6.20 Å². The van der Waals surface area contributed by atoms with Gasteiger partial charge in [-0.3, -0.25) is 0 Å². The van der Waals surface area contributed by atoms with Crippen LogP contribution in [-0.2, 0) is 6.42 Å². The number of hydrogen-bond donors (Lipinski definition) is 0. The lowest BCUT2D eigenvalue weighted by Gasteiger charge is -1.94. The summed E-state index contributed by atoms with van der Waals surface area (Å²) < 4.78 is 17.6. The van der Waals surface area contributed by atoms with Gasteiger partial charge in [0.05, 0.1) is 18.2 Å². The fourth-order valence-electron chi connectivity index (χ4n) is 1.26. The molecule has 2 rings (SSSR count). The minimum atomic E-state index is -0.421. The largest absolute Gasteiger partial charge is 0.339 e. The third-order valence-electron chi connectivity index (χ3n) is 2.13. The van der Waals surface area contributed by atoms with Gasteiger partial charge in [0.15, 0.2) is 0 Å². The Balaban J connectivity index is 2.18. The van der Waals surface area contributed by atoms with Crippen molar-refractivity contribution >= 4 is 0 Å². The highest BCUT2D eigenvalue weighted by atomic mass is 19.1. The smallest absolute Gasteiger partial charge is 0.228 e. The highest BCUT2D eigenvalue weighted by Crippen LogP contribution is 2.14. The van der Waals surface area contributed by atoms with Crippen LogP contribution in [0.5, 0.6) is 0 Å². The van der Waals surface area contributed by atoms with Crippen molar-refractivity contribution in [2.75, 3.05) is 0 Å². The number of hydrogen-bond acceptors (Lipinski definition) is 5. The lowest BCUT2D eigenvalue weighted by molar-refractivity contribution is 0.369. The predicted octanol–water partition coefficient (Wildman–Crippen LogP) is 1.97. The number of pyridine rings is 1. The number of nitrogens with zero attached hydrogens (tertiary/aromatic N) is 4. The first-order chi connectivity index (χ1) is 8.19. The van der Waals surface area contributed by atoms with Crippen molar-refractivity contribution < 1.29 is 8.91 Å². The summed E-state index contributed by atoms with van der Waals surface area (Å²) in [6.45, 7) is 1.76. The number of aromatic nitrogens is 3. The van der Waals surface area contributed by atoms with E-state index >= 15 is 0 Å². The lowest BCUT2D eigenvalue weighted by Crippen LogP contribution is -1.96. The summed E-state index contributed by atoms with van der Waals surface area (Å²) in [5.41, 5.74) is 0.436. The minimum Gasteiger partial charge on any atom is -0.339 e. The zero-order valence-corrected chi connectivity index (χ0v) is 9.09. The van der Waals surface area contributed by atoms with Crippen LogP contribution in [0.25, 0.3) is 11.5 Å². The SMILES string of the molecule is CC(C#N)Cc1nc(-c2ccc(F)cn2)no1. The van der Waals surface area contributed by atoms with Gasteiger partial charge in [-0.25, -0.2) is 9.37 Å². The van der Waals surface area contributed by atoms with Crippen LogP contribution in [-0.4, -0.2) is 15.1 Å². The second-order valence-electron chi connectivity index (χ2n) is 3.61. The zero-order chi connectivity index (χ0) is 12.3. The number of rotatable bonds is 3. The molecule has 1 unspecified atom stereocenters. The average Bonchev–Trinajstić information content (AvgIpc) is 2.78. The van der Waals surface area contributed by atoms with Crippen molar-refractivity contribution in [2.24, 2.45) is 5.92 Å². The molecule has 1 atom stereocenters. The third-order valence-corrected chi connectivity index (χ3v) is 2.13. The quantitative estimate of drug-likeness (QED) is 0.808. The Labute approximate surface area is 96.9 Å². The molecule has 86 valence electrons. The third kappa shape index (κ3) is 2.64. The molecule has 0 saturated heterocycles. The van der Waals surface area contributed by atoms with Crippen LogP contribution in [0.15, 0.2) is 22.9 Å². The topological polar surface area (TPSA) is 75.6 Å². The van der Waals surface area contributed by atoms with Crippen LogP contribution in [0, 0.1) is 23.1 Å². The zero-order valence-electron chi connectivity index (χ0n) is 9.09. The number of nitriles is 1. The van der Waals surface area contributed by atoms with Crippen molar-refractivity contribution in [1.82, 2.24) is 15.1 Å². The summed E-state index contributed by atoms with van der Waals surface area (Å²) in [6.07, 6.45) is 1.48. The van der Waals surface area contributed by atoms with Crippen LogP contribution < -0.4 is 0 Å². The molecule has 2 aromatic rings. The molecular weight excluding hydrogens is 223 g/mol. The van der Waals surface area contributed by atoms with Crippen molar-refractivity contribution in [3.05, 3.63) is 30.0 Å². The van der Waals surface area contributed by atoms with Gasteiger partial charge in [-0.15, -0.1) is 0 Å². The maximum absolute atomic E-state index is 12.7. The molecule has 0 N–H and O–H groups in total. The van der Waals surface area contributed by atoms with Gasteiger partial charge in [-0.2, -0.15) is 10.2 Å². The first kappa shape index (κ1) is 11.2. The normalized spacial score (nSPS) is 12.1. The Morgan fingerprint density at radius 3 is 3.00 bits per heavy atom. The standard InChI is InChI=1S/C11H9FN4O/c1-7(5-13)4-10-15-11(16-17-10)9-3-2-8(12)6-14-9/h2-3,6-7H,4H2,1H3. The fourth-order valence-corrected chi connectivity index (χ4v) is 1.26. The van der Waals surface area contributed by atoms with E-state index in [-0.39, 0.29) is 5.92 Å². The Morgan fingerprint density at radius 2 is 2.35 bits per heavy atom. The van der Waals surface area contributed by atoms with E-state index < -0.39 is 5.82 Å². The fraction of sp³-hybridized carbons (Fsp3) is 0.273. The van der Waals surface area contributed by atoms with Gasteiger partial charge >= 0.3 is 0 Å². The van der Waals surface area contributed by atoms with Gasteiger partial charge in [-0.05, 0) is 19.1 Å². The molecule has 2 heterocycles. The van der Waals surface area contributed by atoms with Gasteiger partial charge in [0.25, 0.3) is 0 Å². The summed E-state index contributed by atoms with van der Waals surface area (Å²) in [6, 6.07) is 4.82. The van der Waals surface area contributed by atoms with Gasteiger partial charge in [-0.1, -0.05) is 5.16 Å².